The number of hydrogen-bond donors (Lipinski definition) is 1. The van der Waals surface area contributed by atoms with Gasteiger partial charge in [-0.25, -0.2) is 0 Å². The van der Waals surface area contributed by atoms with Crippen LogP contribution < -0.4 is 10.1 Å². The molecule has 2 rings (SSSR count). The van der Waals surface area contributed by atoms with Gasteiger partial charge in [-0.2, -0.15) is 0 Å². The Bertz CT molecular complexity index is 462. The van der Waals surface area contributed by atoms with Crippen molar-refractivity contribution >= 4 is 5.78 Å². The first kappa shape index (κ1) is 14.1. The molecule has 3 heteroatoms. The highest BCUT2D eigenvalue weighted by Crippen LogP contribution is 2.25. The Balaban J connectivity index is 2.12. The summed E-state index contributed by atoms with van der Waals surface area (Å²) in [6, 6.07) is 3.93. The molecule has 1 aliphatic rings. The molecule has 1 saturated heterocycles. The van der Waals surface area contributed by atoms with Crippen molar-refractivity contribution in [1.82, 2.24) is 5.32 Å². The predicted molar refractivity (Wildman–Crippen MR) is 77.0 cm³/mol. The highest BCUT2D eigenvalue weighted by Gasteiger charge is 2.19. The van der Waals surface area contributed by atoms with Gasteiger partial charge in [0.25, 0.3) is 0 Å². The van der Waals surface area contributed by atoms with Gasteiger partial charge in [-0.1, -0.05) is 0 Å². The van der Waals surface area contributed by atoms with Crippen LogP contribution in [-0.2, 0) is 0 Å². The maximum atomic E-state index is 12.4. The quantitative estimate of drug-likeness (QED) is 0.847. The number of Topliss-reactive ketones (excluding diaryl/α,β-unsaturated/α-hetero) is 1. The van der Waals surface area contributed by atoms with Crippen molar-refractivity contribution in [3.8, 4) is 5.75 Å². The molecule has 1 N–H and O–H groups in total. The minimum absolute atomic E-state index is 0.273. The fourth-order valence-electron chi connectivity index (χ4n) is 2.77. The predicted octanol–water partition coefficient (Wildman–Crippen LogP) is 2.88. The van der Waals surface area contributed by atoms with Crippen LogP contribution in [0, 0.1) is 19.8 Å². The fraction of sp³-hybridized carbons (Fsp3) is 0.562. The largest absolute Gasteiger partial charge is 0.496 e. The highest BCUT2D eigenvalue weighted by molar-refractivity contribution is 5.98. The molecule has 3 nitrogen and oxygen atoms in total. The van der Waals surface area contributed by atoms with Crippen LogP contribution in [0.2, 0.25) is 0 Å². The second kappa shape index (κ2) is 6.20. The van der Waals surface area contributed by atoms with E-state index in [1.54, 1.807) is 7.11 Å². The van der Waals surface area contributed by atoms with E-state index in [1.807, 2.05) is 26.0 Å². The summed E-state index contributed by atoms with van der Waals surface area (Å²) in [5.41, 5.74) is 2.90. The van der Waals surface area contributed by atoms with Crippen LogP contribution in [0.1, 0.15) is 40.7 Å². The molecule has 1 aliphatic heterocycles. The zero-order chi connectivity index (χ0) is 13.8. The third-order valence-electron chi connectivity index (χ3n) is 3.98. The van der Waals surface area contributed by atoms with Gasteiger partial charge in [0.2, 0.25) is 0 Å². The van der Waals surface area contributed by atoms with Gasteiger partial charge in [-0.05, 0) is 69.0 Å². The van der Waals surface area contributed by atoms with Crippen molar-refractivity contribution < 1.29 is 9.53 Å². The molecule has 1 aromatic carbocycles. The number of carbonyl (C=O) groups excluding carboxylic acids is 1. The summed E-state index contributed by atoms with van der Waals surface area (Å²) < 4.78 is 5.29. The zero-order valence-corrected chi connectivity index (χ0v) is 12.1. The maximum absolute atomic E-state index is 12.4. The zero-order valence-electron chi connectivity index (χ0n) is 12.1. The average molecular weight is 261 g/mol. The van der Waals surface area contributed by atoms with Gasteiger partial charge in [-0.3, -0.25) is 4.79 Å². The van der Waals surface area contributed by atoms with E-state index in [0.717, 1.165) is 48.4 Å². The van der Waals surface area contributed by atoms with Gasteiger partial charge >= 0.3 is 0 Å². The van der Waals surface area contributed by atoms with Crippen LogP contribution in [0.3, 0.4) is 0 Å². The number of nitrogens with one attached hydrogen (secondary N) is 1. The van der Waals surface area contributed by atoms with Crippen LogP contribution in [-0.4, -0.2) is 26.0 Å². The van der Waals surface area contributed by atoms with E-state index >= 15 is 0 Å². The van der Waals surface area contributed by atoms with Gasteiger partial charge in [0.1, 0.15) is 5.75 Å². The molecule has 0 bridgehead atoms. The molecule has 1 heterocycles. The molecule has 0 spiro atoms. The van der Waals surface area contributed by atoms with E-state index in [0.29, 0.717) is 12.3 Å². The normalized spacial score (nSPS) is 16.4. The Kier molecular flexibility index (Phi) is 4.59. The summed E-state index contributed by atoms with van der Waals surface area (Å²) in [7, 11) is 1.66. The number of aryl methyl sites for hydroxylation is 2. The molecule has 1 aromatic rings. The summed E-state index contributed by atoms with van der Waals surface area (Å²) in [4.78, 5) is 12.4. The van der Waals surface area contributed by atoms with Gasteiger partial charge < -0.3 is 10.1 Å². The molecule has 1 fully saturated rings. The van der Waals surface area contributed by atoms with E-state index in [9.17, 15) is 4.79 Å². The minimum Gasteiger partial charge on any atom is -0.496 e. The number of rotatable bonds is 4. The van der Waals surface area contributed by atoms with Crippen molar-refractivity contribution in [2.75, 3.05) is 20.2 Å². The maximum Gasteiger partial charge on any atom is 0.163 e. The molecule has 104 valence electrons. The van der Waals surface area contributed by atoms with Gasteiger partial charge in [0.15, 0.2) is 5.78 Å². The molecular weight excluding hydrogens is 238 g/mol. The highest BCUT2D eigenvalue weighted by atomic mass is 16.5. The monoisotopic (exact) mass is 261 g/mol. The molecule has 0 radical (unpaired) electrons. The van der Waals surface area contributed by atoms with Crippen molar-refractivity contribution in [1.29, 1.82) is 0 Å². The Morgan fingerprint density at radius 1 is 1.26 bits per heavy atom. The first-order chi connectivity index (χ1) is 9.11. The number of ketones is 1. The van der Waals surface area contributed by atoms with Crippen molar-refractivity contribution in [2.24, 2.45) is 5.92 Å². The Hall–Kier alpha value is -1.35. The molecule has 0 aliphatic carbocycles. The molecule has 0 aromatic heterocycles. The number of piperidine rings is 1. The molecule has 0 saturated carbocycles. The first-order valence-corrected chi connectivity index (χ1v) is 7.01. The summed E-state index contributed by atoms with van der Waals surface area (Å²) in [6.45, 7) is 6.05. The number of carbonyl (C=O) groups is 1. The third-order valence-corrected chi connectivity index (χ3v) is 3.98. The van der Waals surface area contributed by atoms with Crippen LogP contribution in [0.15, 0.2) is 12.1 Å². The van der Waals surface area contributed by atoms with Crippen molar-refractivity contribution in [3.05, 3.63) is 28.8 Å². The minimum atomic E-state index is 0.273. The lowest BCUT2D eigenvalue weighted by Gasteiger charge is -2.22. The Morgan fingerprint density at radius 3 is 2.58 bits per heavy atom. The summed E-state index contributed by atoms with van der Waals surface area (Å²) in [5.74, 6) is 1.67. The fourth-order valence-corrected chi connectivity index (χ4v) is 2.77. The SMILES string of the molecule is COc1cc(C)c(C(=O)CC2CCNCC2)cc1C. The summed E-state index contributed by atoms with van der Waals surface area (Å²) in [6.07, 6.45) is 2.90. The number of benzene rings is 1. The second-order valence-corrected chi connectivity index (χ2v) is 5.46. The van der Waals surface area contributed by atoms with E-state index in [-0.39, 0.29) is 5.78 Å². The van der Waals surface area contributed by atoms with E-state index in [4.69, 9.17) is 4.74 Å². The van der Waals surface area contributed by atoms with E-state index in [1.165, 1.54) is 0 Å². The lowest BCUT2D eigenvalue weighted by molar-refractivity contribution is 0.0951. The Labute approximate surface area is 115 Å². The number of methoxy groups -OCH3 is 1. The van der Waals surface area contributed by atoms with E-state index < -0.39 is 0 Å². The van der Waals surface area contributed by atoms with E-state index in [2.05, 4.69) is 5.32 Å². The van der Waals surface area contributed by atoms with Crippen LogP contribution in [0.25, 0.3) is 0 Å². The van der Waals surface area contributed by atoms with Crippen molar-refractivity contribution in [2.45, 2.75) is 33.1 Å². The summed E-state index contributed by atoms with van der Waals surface area (Å²) in [5, 5.41) is 3.34. The van der Waals surface area contributed by atoms with Gasteiger partial charge in [-0.15, -0.1) is 0 Å². The molecule has 0 atom stereocenters. The molecule has 19 heavy (non-hydrogen) atoms. The average Bonchev–Trinajstić information content (AvgIpc) is 2.42. The third kappa shape index (κ3) is 3.35. The Morgan fingerprint density at radius 2 is 1.95 bits per heavy atom. The van der Waals surface area contributed by atoms with Crippen molar-refractivity contribution in [3.63, 3.8) is 0 Å². The number of ether oxygens (including phenoxy) is 1. The molecular formula is C16H23NO2. The number of hydrogen-bond acceptors (Lipinski definition) is 3. The van der Waals surface area contributed by atoms with Gasteiger partial charge in [0, 0.05) is 12.0 Å². The standard InChI is InChI=1S/C16H23NO2/c1-11-9-16(19-3)12(2)8-14(11)15(18)10-13-4-6-17-7-5-13/h8-9,13,17H,4-7,10H2,1-3H3. The van der Waals surface area contributed by atoms with Gasteiger partial charge in [0.05, 0.1) is 7.11 Å². The molecule has 0 unspecified atom stereocenters. The first-order valence-electron chi connectivity index (χ1n) is 7.01. The molecule has 0 amide bonds. The van der Waals surface area contributed by atoms with Crippen LogP contribution >= 0.6 is 0 Å². The lowest BCUT2D eigenvalue weighted by atomic mass is 9.89. The summed E-state index contributed by atoms with van der Waals surface area (Å²) >= 11 is 0. The van der Waals surface area contributed by atoms with Crippen LogP contribution in [0.4, 0.5) is 0 Å². The smallest absolute Gasteiger partial charge is 0.163 e. The van der Waals surface area contributed by atoms with Crippen LogP contribution in [0.5, 0.6) is 5.75 Å². The second-order valence-electron chi connectivity index (χ2n) is 5.46. The topological polar surface area (TPSA) is 38.3 Å². The lowest BCUT2D eigenvalue weighted by Crippen LogP contribution is -2.29.